The molecular weight excluding hydrogens is 286 g/mol. The third-order valence-electron chi connectivity index (χ3n) is 2.45. The highest BCUT2D eigenvalue weighted by molar-refractivity contribution is 8.00. The quantitative estimate of drug-likeness (QED) is 0.626. The zero-order valence-corrected chi connectivity index (χ0v) is 12.0. The molecule has 102 valence electrons. The van der Waals surface area contributed by atoms with E-state index < -0.39 is 0 Å². The summed E-state index contributed by atoms with van der Waals surface area (Å²) in [6, 6.07) is 0. The highest BCUT2D eigenvalue weighted by Gasteiger charge is 2.12. The number of unbranched alkanes of at least 4 members (excludes halogenated alkanes) is 2. The number of aromatic amines is 1. The van der Waals surface area contributed by atoms with E-state index in [-0.39, 0.29) is 5.69 Å². The van der Waals surface area contributed by atoms with Gasteiger partial charge < -0.3 is 0 Å². The van der Waals surface area contributed by atoms with Crippen LogP contribution < -0.4 is 5.69 Å². The van der Waals surface area contributed by atoms with Crippen molar-refractivity contribution in [2.24, 2.45) is 5.18 Å². The van der Waals surface area contributed by atoms with Gasteiger partial charge in [-0.2, -0.15) is 0 Å². The first-order chi connectivity index (χ1) is 9.24. The number of nitroso groups, excluding NO2 is 1. The molecule has 0 saturated heterocycles. The zero-order chi connectivity index (χ0) is 13.7. The topological polar surface area (TPSA) is 93.0 Å². The van der Waals surface area contributed by atoms with Gasteiger partial charge in [-0.3, -0.25) is 4.57 Å². The van der Waals surface area contributed by atoms with Crippen LogP contribution in [0.3, 0.4) is 0 Å². The SMILES string of the molecule is CCCCCn1c(Sc2ncc(N=O)s2)n[nH]c1=O. The minimum absolute atomic E-state index is 0.219. The second-order valence-electron chi connectivity index (χ2n) is 3.83. The number of nitrogens with one attached hydrogen (secondary N) is 1. The summed E-state index contributed by atoms with van der Waals surface area (Å²) in [7, 11) is 0. The fourth-order valence-electron chi connectivity index (χ4n) is 1.52. The Morgan fingerprint density at radius 1 is 1.53 bits per heavy atom. The lowest BCUT2D eigenvalue weighted by Gasteiger charge is -2.02. The molecule has 0 aliphatic rings. The molecule has 2 heterocycles. The van der Waals surface area contributed by atoms with Gasteiger partial charge in [-0.25, -0.2) is 14.9 Å². The van der Waals surface area contributed by atoms with Gasteiger partial charge in [-0.15, -0.1) is 10.0 Å². The molecule has 7 nitrogen and oxygen atoms in total. The molecule has 0 unspecified atom stereocenters. The first-order valence-corrected chi connectivity index (χ1v) is 7.50. The van der Waals surface area contributed by atoms with Gasteiger partial charge in [0.25, 0.3) is 0 Å². The Bertz CT molecular complexity index is 603. The summed E-state index contributed by atoms with van der Waals surface area (Å²) in [5.41, 5.74) is -0.219. The van der Waals surface area contributed by atoms with Crippen molar-refractivity contribution < 1.29 is 0 Å². The maximum Gasteiger partial charge on any atom is 0.343 e. The van der Waals surface area contributed by atoms with Crippen LogP contribution in [0.25, 0.3) is 0 Å². The Labute approximate surface area is 117 Å². The van der Waals surface area contributed by atoms with E-state index in [1.54, 1.807) is 4.57 Å². The van der Waals surface area contributed by atoms with Gasteiger partial charge in [0.05, 0.1) is 6.20 Å². The highest BCUT2D eigenvalue weighted by Crippen LogP contribution is 2.32. The van der Waals surface area contributed by atoms with Crippen LogP contribution in [0.15, 0.2) is 25.7 Å². The van der Waals surface area contributed by atoms with Gasteiger partial charge in [0, 0.05) is 6.54 Å². The van der Waals surface area contributed by atoms with Crippen molar-refractivity contribution in [1.82, 2.24) is 19.7 Å². The molecule has 0 bridgehead atoms. The fraction of sp³-hybridized carbons (Fsp3) is 0.500. The van der Waals surface area contributed by atoms with Crippen LogP contribution in [0.5, 0.6) is 0 Å². The van der Waals surface area contributed by atoms with Crippen molar-refractivity contribution in [1.29, 1.82) is 0 Å². The number of H-pyrrole nitrogens is 1. The number of hydrogen-bond acceptors (Lipinski definition) is 7. The van der Waals surface area contributed by atoms with Gasteiger partial charge in [0.2, 0.25) is 0 Å². The third kappa shape index (κ3) is 3.51. The lowest BCUT2D eigenvalue weighted by Crippen LogP contribution is -2.17. The van der Waals surface area contributed by atoms with Gasteiger partial charge >= 0.3 is 5.69 Å². The van der Waals surface area contributed by atoms with Crippen LogP contribution in [-0.2, 0) is 6.54 Å². The van der Waals surface area contributed by atoms with Crippen LogP contribution in [0.2, 0.25) is 0 Å². The van der Waals surface area contributed by atoms with E-state index in [0.717, 1.165) is 19.3 Å². The van der Waals surface area contributed by atoms with Gasteiger partial charge in [0.1, 0.15) is 0 Å². The van der Waals surface area contributed by atoms with E-state index in [4.69, 9.17) is 0 Å². The first kappa shape index (κ1) is 13.9. The molecule has 2 rings (SSSR count). The molecule has 0 atom stereocenters. The van der Waals surface area contributed by atoms with Gasteiger partial charge in [-0.1, -0.05) is 31.1 Å². The Morgan fingerprint density at radius 2 is 2.37 bits per heavy atom. The Hall–Kier alpha value is -1.48. The molecule has 0 radical (unpaired) electrons. The molecule has 19 heavy (non-hydrogen) atoms. The van der Waals surface area contributed by atoms with E-state index in [1.807, 2.05) is 0 Å². The fourth-order valence-corrected chi connectivity index (χ4v) is 3.23. The third-order valence-corrected chi connectivity index (χ3v) is 4.39. The lowest BCUT2D eigenvalue weighted by atomic mass is 10.2. The molecule has 0 aliphatic carbocycles. The van der Waals surface area contributed by atoms with E-state index in [1.165, 1.54) is 29.3 Å². The lowest BCUT2D eigenvalue weighted by molar-refractivity contribution is 0.554. The Kier molecular flexibility index (Phi) is 4.86. The number of nitrogens with zero attached hydrogens (tertiary/aromatic N) is 4. The van der Waals surface area contributed by atoms with Crippen molar-refractivity contribution in [3.05, 3.63) is 21.6 Å². The molecule has 0 fully saturated rings. The summed E-state index contributed by atoms with van der Waals surface area (Å²) < 4.78 is 2.24. The van der Waals surface area contributed by atoms with Crippen molar-refractivity contribution in [3.63, 3.8) is 0 Å². The predicted octanol–water partition coefficient (Wildman–Crippen LogP) is 2.77. The van der Waals surface area contributed by atoms with Crippen LogP contribution in [-0.4, -0.2) is 19.7 Å². The summed E-state index contributed by atoms with van der Waals surface area (Å²) in [5, 5.41) is 10.1. The largest absolute Gasteiger partial charge is 0.343 e. The number of aromatic nitrogens is 4. The van der Waals surface area contributed by atoms with E-state index in [0.29, 0.717) is 21.0 Å². The van der Waals surface area contributed by atoms with E-state index >= 15 is 0 Å². The average Bonchev–Trinajstić information content (AvgIpc) is 3.00. The molecular formula is C10H13N5O2S2. The molecule has 0 spiro atoms. The maximum atomic E-state index is 11.6. The second kappa shape index (κ2) is 6.62. The molecule has 9 heteroatoms. The number of hydrogen-bond donors (Lipinski definition) is 1. The van der Waals surface area contributed by atoms with E-state index in [9.17, 15) is 9.70 Å². The van der Waals surface area contributed by atoms with Gasteiger partial charge in [0.15, 0.2) is 14.5 Å². The Balaban J connectivity index is 2.11. The van der Waals surface area contributed by atoms with Crippen molar-refractivity contribution in [3.8, 4) is 0 Å². The molecule has 0 amide bonds. The van der Waals surface area contributed by atoms with Gasteiger partial charge in [-0.05, 0) is 23.4 Å². The summed E-state index contributed by atoms with van der Waals surface area (Å²) in [5.74, 6) is 0. The normalized spacial score (nSPS) is 10.8. The summed E-state index contributed by atoms with van der Waals surface area (Å²) >= 11 is 2.44. The van der Waals surface area contributed by atoms with Crippen molar-refractivity contribution in [2.45, 2.75) is 42.2 Å². The second-order valence-corrected chi connectivity index (χ2v) is 6.05. The standard InChI is InChI=1S/C10H13N5O2S2/c1-2-3-4-5-15-8(16)12-13-9(15)19-10-11-6-7(14-17)18-10/h6H,2-5H2,1H3,(H,12,16). The summed E-state index contributed by atoms with van der Waals surface area (Å²) in [6.07, 6.45) is 4.50. The Morgan fingerprint density at radius 3 is 3.05 bits per heavy atom. The van der Waals surface area contributed by atoms with Crippen molar-refractivity contribution in [2.75, 3.05) is 0 Å². The minimum Gasteiger partial charge on any atom is -0.270 e. The van der Waals surface area contributed by atoms with Crippen LogP contribution in [0.1, 0.15) is 26.2 Å². The van der Waals surface area contributed by atoms with E-state index in [2.05, 4.69) is 27.3 Å². The highest BCUT2D eigenvalue weighted by atomic mass is 32.2. The molecule has 2 aromatic rings. The molecule has 0 saturated carbocycles. The van der Waals surface area contributed by atoms with Crippen LogP contribution >= 0.6 is 23.1 Å². The molecule has 0 aliphatic heterocycles. The summed E-state index contributed by atoms with van der Waals surface area (Å²) in [6.45, 7) is 2.74. The zero-order valence-electron chi connectivity index (χ0n) is 10.3. The maximum absolute atomic E-state index is 11.6. The number of thiazole rings is 1. The molecule has 1 N–H and O–H groups in total. The van der Waals surface area contributed by atoms with Crippen molar-refractivity contribution >= 4 is 28.1 Å². The van der Waals surface area contributed by atoms with Crippen LogP contribution in [0, 0.1) is 4.91 Å². The smallest absolute Gasteiger partial charge is 0.270 e. The molecule has 0 aromatic carbocycles. The predicted molar refractivity (Wildman–Crippen MR) is 74.1 cm³/mol. The molecule has 2 aromatic heterocycles. The average molecular weight is 299 g/mol. The number of rotatable bonds is 7. The first-order valence-electron chi connectivity index (χ1n) is 5.87. The monoisotopic (exact) mass is 299 g/mol. The van der Waals surface area contributed by atoms with Crippen LogP contribution in [0.4, 0.5) is 5.00 Å². The summed E-state index contributed by atoms with van der Waals surface area (Å²) in [4.78, 5) is 26.0. The minimum atomic E-state index is -0.219.